The second kappa shape index (κ2) is 7.37. The minimum Gasteiger partial charge on any atom is -0.446 e. The first-order chi connectivity index (χ1) is 8.18. The number of hydrogen-bond donors (Lipinski definition) is 0. The molecule has 0 aromatic carbocycles. The minimum absolute atomic E-state index is 0.198. The summed E-state index contributed by atoms with van der Waals surface area (Å²) in [5.74, 6) is 6.25. The lowest BCUT2D eigenvalue weighted by molar-refractivity contribution is -0.152. The minimum atomic E-state index is -0.476. The first-order valence-electron chi connectivity index (χ1n) is 6.88. The van der Waals surface area contributed by atoms with Gasteiger partial charge in [0.1, 0.15) is 0 Å². The van der Waals surface area contributed by atoms with E-state index in [-0.39, 0.29) is 5.97 Å². The van der Waals surface area contributed by atoms with Crippen molar-refractivity contribution in [2.75, 3.05) is 0 Å². The van der Waals surface area contributed by atoms with Gasteiger partial charge in [-0.2, -0.15) is 0 Å². The number of unbranched alkanes of at least 4 members (excludes halogenated alkanes) is 2. The van der Waals surface area contributed by atoms with Gasteiger partial charge < -0.3 is 4.74 Å². The number of esters is 1. The van der Waals surface area contributed by atoms with Crippen molar-refractivity contribution in [2.24, 2.45) is 0 Å². The highest BCUT2D eigenvalue weighted by molar-refractivity contribution is 5.67. The van der Waals surface area contributed by atoms with E-state index < -0.39 is 5.60 Å². The van der Waals surface area contributed by atoms with Crippen LogP contribution in [0.15, 0.2) is 0 Å². The van der Waals surface area contributed by atoms with Crippen molar-refractivity contribution < 1.29 is 9.53 Å². The fourth-order valence-corrected chi connectivity index (χ4v) is 2.32. The van der Waals surface area contributed by atoms with Gasteiger partial charge in [0.15, 0.2) is 5.60 Å². The fourth-order valence-electron chi connectivity index (χ4n) is 2.32. The third kappa shape index (κ3) is 5.26. The van der Waals surface area contributed by atoms with Crippen LogP contribution in [0.4, 0.5) is 0 Å². The van der Waals surface area contributed by atoms with Crippen LogP contribution in [0.3, 0.4) is 0 Å². The molecule has 0 saturated heterocycles. The highest BCUT2D eigenvalue weighted by atomic mass is 16.6. The van der Waals surface area contributed by atoms with E-state index in [1.807, 2.05) is 0 Å². The molecule has 0 atom stereocenters. The van der Waals surface area contributed by atoms with Crippen LogP contribution in [0.1, 0.15) is 71.6 Å². The Morgan fingerprint density at radius 1 is 1.24 bits per heavy atom. The Hall–Kier alpha value is -0.970. The van der Waals surface area contributed by atoms with E-state index in [0.29, 0.717) is 0 Å². The molecule has 96 valence electrons. The summed E-state index contributed by atoms with van der Waals surface area (Å²) < 4.78 is 5.53. The number of carbonyl (C=O) groups is 1. The van der Waals surface area contributed by atoms with Crippen molar-refractivity contribution in [1.29, 1.82) is 0 Å². The van der Waals surface area contributed by atoms with Crippen LogP contribution in [-0.4, -0.2) is 11.6 Å². The number of ether oxygens (including phenoxy) is 1. The monoisotopic (exact) mass is 236 g/mol. The van der Waals surface area contributed by atoms with E-state index in [1.165, 1.54) is 19.8 Å². The maximum atomic E-state index is 11.2. The molecule has 2 heteroatoms. The lowest BCUT2D eigenvalue weighted by Gasteiger charge is -2.26. The molecule has 1 rings (SSSR count). The van der Waals surface area contributed by atoms with Gasteiger partial charge in [-0.15, -0.1) is 0 Å². The average Bonchev–Trinajstić information content (AvgIpc) is 2.50. The van der Waals surface area contributed by atoms with Crippen LogP contribution in [0.2, 0.25) is 0 Å². The second-order valence-electron chi connectivity index (χ2n) is 4.91. The standard InChI is InChI=1S/C15H24O2/c1-3-4-5-8-11-15(17-14(2)16)12-9-6-7-10-13-15/h3-7,9-10,12-13H2,1-2H3. The van der Waals surface area contributed by atoms with Crippen LogP contribution >= 0.6 is 0 Å². The molecule has 0 unspecified atom stereocenters. The Balaban J connectivity index is 2.67. The summed E-state index contributed by atoms with van der Waals surface area (Å²) in [5.41, 5.74) is -0.476. The zero-order chi connectivity index (χ0) is 12.6. The molecule has 0 bridgehead atoms. The van der Waals surface area contributed by atoms with Crippen molar-refractivity contribution in [3.8, 4) is 11.8 Å². The van der Waals surface area contributed by atoms with Crippen LogP contribution < -0.4 is 0 Å². The average molecular weight is 236 g/mol. The highest BCUT2D eigenvalue weighted by Crippen LogP contribution is 2.30. The first kappa shape index (κ1) is 14.1. The molecule has 0 aromatic heterocycles. The van der Waals surface area contributed by atoms with E-state index in [4.69, 9.17) is 4.74 Å². The molecule has 0 aromatic rings. The maximum absolute atomic E-state index is 11.2. The third-order valence-electron chi connectivity index (χ3n) is 3.22. The smallest absolute Gasteiger partial charge is 0.304 e. The number of hydrogen-bond acceptors (Lipinski definition) is 2. The Morgan fingerprint density at radius 2 is 1.88 bits per heavy atom. The van der Waals surface area contributed by atoms with Gasteiger partial charge in [0, 0.05) is 13.3 Å². The summed E-state index contributed by atoms with van der Waals surface area (Å²) in [7, 11) is 0. The Morgan fingerprint density at radius 3 is 2.41 bits per heavy atom. The molecule has 0 N–H and O–H groups in total. The summed E-state index contributed by atoms with van der Waals surface area (Å²) in [4.78, 5) is 11.2. The Labute approximate surface area is 105 Å². The van der Waals surface area contributed by atoms with Crippen molar-refractivity contribution in [1.82, 2.24) is 0 Å². The predicted molar refractivity (Wildman–Crippen MR) is 69.5 cm³/mol. The molecule has 2 nitrogen and oxygen atoms in total. The van der Waals surface area contributed by atoms with Gasteiger partial charge in [0.05, 0.1) is 0 Å². The van der Waals surface area contributed by atoms with Crippen LogP contribution in [0.25, 0.3) is 0 Å². The topological polar surface area (TPSA) is 26.3 Å². The SMILES string of the molecule is CCCCC#CC1(OC(C)=O)CCCCCC1. The molecular weight excluding hydrogens is 212 g/mol. The molecular formula is C15H24O2. The predicted octanol–water partition coefficient (Wildman–Crippen LogP) is 3.84. The van der Waals surface area contributed by atoms with E-state index in [1.54, 1.807) is 0 Å². The summed E-state index contributed by atoms with van der Waals surface area (Å²) >= 11 is 0. The molecule has 17 heavy (non-hydrogen) atoms. The van der Waals surface area contributed by atoms with Gasteiger partial charge in [0.2, 0.25) is 0 Å². The summed E-state index contributed by atoms with van der Waals surface area (Å²) in [6.07, 6.45) is 9.74. The van der Waals surface area contributed by atoms with Crippen LogP contribution in [0, 0.1) is 11.8 Å². The largest absolute Gasteiger partial charge is 0.446 e. The van der Waals surface area contributed by atoms with Crippen molar-refractivity contribution in [2.45, 2.75) is 77.2 Å². The van der Waals surface area contributed by atoms with Crippen LogP contribution in [0.5, 0.6) is 0 Å². The van der Waals surface area contributed by atoms with E-state index in [9.17, 15) is 4.79 Å². The molecule has 1 aliphatic carbocycles. The van der Waals surface area contributed by atoms with Gasteiger partial charge in [0.25, 0.3) is 0 Å². The number of carbonyl (C=O) groups excluding carboxylic acids is 1. The molecule has 1 aliphatic rings. The zero-order valence-electron chi connectivity index (χ0n) is 11.2. The lowest BCUT2D eigenvalue weighted by Crippen LogP contribution is -2.32. The first-order valence-corrected chi connectivity index (χ1v) is 6.88. The fraction of sp³-hybridized carbons (Fsp3) is 0.800. The van der Waals surface area contributed by atoms with Crippen molar-refractivity contribution in [3.63, 3.8) is 0 Å². The van der Waals surface area contributed by atoms with E-state index in [2.05, 4.69) is 18.8 Å². The zero-order valence-corrected chi connectivity index (χ0v) is 11.2. The molecule has 1 fully saturated rings. The van der Waals surface area contributed by atoms with Gasteiger partial charge in [-0.05, 0) is 32.1 Å². The second-order valence-corrected chi connectivity index (χ2v) is 4.91. The lowest BCUT2D eigenvalue weighted by atomic mass is 9.94. The Bertz CT molecular complexity index is 288. The summed E-state index contributed by atoms with van der Waals surface area (Å²) in [5, 5.41) is 0. The molecule has 0 amide bonds. The van der Waals surface area contributed by atoms with Crippen LogP contribution in [-0.2, 0) is 9.53 Å². The quantitative estimate of drug-likeness (QED) is 0.322. The van der Waals surface area contributed by atoms with E-state index in [0.717, 1.165) is 44.9 Å². The van der Waals surface area contributed by atoms with Gasteiger partial charge in [-0.1, -0.05) is 38.0 Å². The van der Waals surface area contributed by atoms with Gasteiger partial charge in [-0.25, -0.2) is 0 Å². The Kier molecular flexibility index (Phi) is 6.11. The van der Waals surface area contributed by atoms with Gasteiger partial charge in [-0.3, -0.25) is 4.79 Å². The molecule has 0 spiro atoms. The molecule has 0 radical (unpaired) electrons. The van der Waals surface area contributed by atoms with Gasteiger partial charge >= 0.3 is 5.97 Å². The van der Waals surface area contributed by atoms with Crippen molar-refractivity contribution in [3.05, 3.63) is 0 Å². The molecule has 0 heterocycles. The van der Waals surface area contributed by atoms with E-state index >= 15 is 0 Å². The highest BCUT2D eigenvalue weighted by Gasteiger charge is 2.31. The van der Waals surface area contributed by atoms with Crippen molar-refractivity contribution >= 4 is 5.97 Å². The summed E-state index contributed by atoms with van der Waals surface area (Å²) in [6.45, 7) is 3.65. The molecule has 0 aliphatic heterocycles. The number of rotatable bonds is 3. The molecule has 1 saturated carbocycles. The summed E-state index contributed by atoms with van der Waals surface area (Å²) in [6, 6.07) is 0. The third-order valence-corrected chi connectivity index (χ3v) is 3.22. The normalized spacial score (nSPS) is 18.7. The maximum Gasteiger partial charge on any atom is 0.304 e.